The maximum absolute atomic E-state index is 13.0. The number of amides is 1. The number of nitrogens with one attached hydrogen (secondary N) is 2. The monoisotopic (exact) mass is 456 g/mol. The second-order valence-corrected chi connectivity index (χ2v) is 8.56. The van der Waals surface area contributed by atoms with Gasteiger partial charge in [0.2, 0.25) is 5.91 Å². The minimum Gasteiger partial charge on any atom is -0.497 e. The molecular weight excluding hydrogens is 432 g/mol. The summed E-state index contributed by atoms with van der Waals surface area (Å²) in [5.74, 6) is 1.69. The number of benzene rings is 3. The van der Waals surface area contributed by atoms with E-state index in [2.05, 4.69) is 10.0 Å². The molecule has 9 heteroatoms. The largest absolute Gasteiger partial charge is 0.497 e. The standard InChI is InChI=1S/C23H24N2O6S/c1-15-5-6-17(24-16(2)26)14-23(15)32(27,28)25-18-7-12-21(30-4)22(13-18)31-20-10-8-19(29-3)9-11-20/h5-14,25H,1-4H3,(H,24,26). The van der Waals surface area contributed by atoms with E-state index in [0.717, 1.165) is 0 Å². The van der Waals surface area contributed by atoms with Gasteiger partial charge in [-0.15, -0.1) is 0 Å². The number of sulfonamides is 1. The molecule has 0 bridgehead atoms. The SMILES string of the molecule is COc1ccc(Oc2cc(NS(=O)(=O)c3cc(NC(C)=O)ccc3C)ccc2OC)cc1. The van der Waals surface area contributed by atoms with Crippen molar-refractivity contribution in [3.8, 4) is 23.0 Å². The van der Waals surface area contributed by atoms with E-state index in [1.54, 1.807) is 62.6 Å². The van der Waals surface area contributed by atoms with Crippen molar-refractivity contribution in [3.05, 3.63) is 66.2 Å². The number of ether oxygens (including phenoxy) is 3. The third-order valence-electron chi connectivity index (χ3n) is 4.50. The van der Waals surface area contributed by atoms with Crippen molar-refractivity contribution >= 4 is 27.3 Å². The zero-order valence-electron chi connectivity index (χ0n) is 18.1. The molecule has 0 fully saturated rings. The average Bonchev–Trinajstić information content (AvgIpc) is 2.75. The van der Waals surface area contributed by atoms with Gasteiger partial charge in [-0.1, -0.05) is 6.07 Å². The first kappa shape index (κ1) is 23.0. The topological polar surface area (TPSA) is 103 Å². The van der Waals surface area contributed by atoms with Crippen LogP contribution >= 0.6 is 0 Å². The Morgan fingerprint density at radius 2 is 1.47 bits per heavy atom. The van der Waals surface area contributed by atoms with E-state index in [-0.39, 0.29) is 10.8 Å². The molecule has 0 atom stereocenters. The smallest absolute Gasteiger partial charge is 0.262 e. The van der Waals surface area contributed by atoms with Crippen molar-refractivity contribution in [2.24, 2.45) is 0 Å². The Hall–Kier alpha value is -3.72. The van der Waals surface area contributed by atoms with E-state index >= 15 is 0 Å². The Kier molecular flexibility index (Phi) is 6.89. The van der Waals surface area contributed by atoms with Crippen molar-refractivity contribution in [3.63, 3.8) is 0 Å². The third kappa shape index (κ3) is 5.50. The fraction of sp³-hybridized carbons (Fsp3) is 0.174. The summed E-state index contributed by atoms with van der Waals surface area (Å²) in [5, 5.41) is 2.59. The average molecular weight is 457 g/mol. The zero-order chi connectivity index (χ0) is 23.3. The van der Waals surface area contributed by atoms with Crippen molar-refractivity contribution in [2.45, 2.75) is 18.7 Å². The summed E-state index contributed by atoms with van der Waals surface area (Å²) < 4.78 is 45.0. The van der Waals surface area contributed by atoms with Crippen molar-refractivity contribution in [1.29, 1.82) is 0 Å². The molecule has 1 amide bonds. The fourth-order valence-corrected chi connectivity index (χ4v) is 4.29. The highest BCUT2D eigenvalue weighted by molar-refractivity contribution is 7.92. The first-order chi connectivity index (χ1) is 15.2. The summed E-state index contributed by atoms with van der Waals surface area (Å²) in [6.07, 6.45) is 0. The molecule has 32 heavy (non-hydrogen) atoms. The van der Waals surface area contributed by atoms with Gasteiger partial charge in [0.15, 0.2) is 11.5 Å². The summed E-state index contributed by atoms with van der Waals surface area (Å²) in [6.45, 7) is 3.03. The van der Waals surface area contributed by atoms with Gasteiger partial charge in [-0.05, 0) is 61.0 Å². The van der Waals surface area contributed by atoms with Gasteiger partial charge in [-0.3, -0.25) is 9.52 Å². The molecule has 0 aliphatic rings. The van der Waals surface area contributed by atoms with E-state index in [1.807, 2.05) is 0 Å². The lowest BCUT2D eigenvalue weighted by Gasteiger charge is -2.15. The molecule has 3 aromatic rings. The van der Waals surface area contributed by atoms with Crippen LogP contribution in [0.3, 0.4) is 0 Å². The summed E-state index contributed by atoms with van der Waals surface area (Å²) in [5.41, 5.74) is 1.22. The van der Waals surface area contributed by atoms with Crippen LogP contribution in [0.1, 0.15) is 12.5 Å². The highest BCUT2D eigenvalue weighted by Crippen LogP contribution is 2.35. The Morgan fingerprint density at radius 3 is 2.09 bits per heavy atom. The van der Waals surface area contributed by atoms with Crippen LogP contribution in [0.2, 0.25) is 0 Å². The van der Waals surface area contributed by atoms with Gasteiger partial charge in [-0.25, -0.2) is 8.42 Å². The summed E-state index contributed by atoms with van der Waals surface area (Å²) >= 11 is 0. The van der Waals surface area contributed by atoms with E-state index in [4.69, 9.17) is 14.2 Å². The number of carbonyl (C=O) groups is 1. The molecule has 0 radical (unpaired) electrons. The maximum atomic E-state index is 13.0. The van der Waals surface area contributed by atoms with Crippen LogP contribution in [-0.4, -0.2) is 28.5 Å². The molecule has 0 saturated carbocycles. The quantitative estimate of drug-likeness (QED) is 0.515. The van der Waals surface area contributed by atoms with E-state index < -0.39 is 10.0 Å². The van der Waals surface area contributed by atoms with Gasteiger partial charge < -0.3 is 19.5 Å². The summed E-state index contributed by atoms with van der Waals surface area (Å²) in [6, 6.07) is 16.4. The van der Waals surface area contributed by atoms with E-state index in [0.29, 0.717) is 39.9 Å². The second-order valence-electron chi connectivity index (χ2n) is 6.91. The second kappa shape index (κ2) is 9.61. The molecule has 168 valence electrons. The molecule has 3 rings (SSSR count). The summed E-state index contributed by atoms with van der Waals surface area (Å²) in [7, 11) is -0.866. The van der Waals surface area contributed by atoms with Crippen LogP contribution in [0.5, 0.6) is 23.0 Å². The predicted octanol–water partition coefficient (Wildman–Crippen LogP) is 4.56. The van der Waals surface area contributed by atoms with Crippen LogP contribution in [0.25, 0.3) is 0 Å². The van der Waals surface area contributed by atoms with Gasteiger partial charge in [0.25, 0.3) is 10.0 Å². The molecule has 0 unspecified atom stereocenters. The minimum absolute atomic E-state index is 0.0530. The number of rotatable bonds is 8. The van der Waals surface area contributed by atoms with Crippen molar-refractivity contribution in [2.75, 3.05) is 24.3 Å². The Morgan fingerprint density at radius 1 is 0.812 bits per heavy atom. The highest BCUT2D eigenvalue weighted by atomic mass is 32.2. The predicted molar refractivity (Wildman–Crippen MR) is 122 cm³/mol. The zero-order valence-corrected chi connectivity index (χ0v) is 18.9. The number of carbonyl (C=O) groups excluding carboxylic acids is 1. The molecule has 0 aliphatic heterocycles. The Bertz CT molecular complexity index is 1220. The molecule has 8 nitrogen and oxygen atoms in total. The van der Waals surface area contributed by atoms with E-state index in [1.165, 1.54) is 26.2 Å². The molecule has 0 aromatic heterocycles. The van der Waals surface area contributed by atoms with Crippen LogP contribution < -0.4 is 24.2 Å². The number of aryl methyl sites for hydroxylation is 1. The molecule has 2 N–H and O–H groups in total. The number of hydrogen-bond donors (Lipinski definition) is 2. The number of anilines is 2. The van der Waals surface area contributed by atoms with E-state index in [9.17, 15) is 13.2 Å². The maximum Gasteiger partial charge on any atom is 0.262 e. The molecule has 0 heterocycles. The van der Waals surface area contributed by atoms with Crippen molar-refractivity contribution < 1.29 is 27.4 Å². The number of hydrogen-bond acceptors (Lipinski definition) is 6. The number of methoxy groups -OCH3 is 2. The van der Waals surface area contributed by atoms with Gasteiger partial charge >= 0.3 is 0 Å². The first-order valence-corrected chi connectivity index (χ1v) is 11.1. The van der Waals surface area contributed by atoms with Gasteiger partial charge in [0, 0.05) is 18.7 Å². The molecule has 0 saturated heterocycles. The minimum atomic E-state index is -3.93. The third-order valence-corrected chi connectivity index (χ3v) is 6.02. The van der Waals surface area contributed by atoms with Crippen molar-refractivity contribution in [1.82, 2.24) is 0 Å². The van der Waals surface area contributed by atoms with Crippen LogP contribution in [0.4, 0.5) is 11.4 Å². The first-order valence-electron chi connectivity index (χ1n) is 9.63. The molecule has 0 aliphatic carbocycles. The molecule has 0 spiro atoms. The Balaban J connectivity index is 1.89. The van der Waals surface area contributed by atoms with Crippen LogP contribution in [0.15, 0.2) is 65.6 Å². The fourth-order valence-electron chi connectivity index (χ4n) is 2.97. The Labute approximate surface area is 187 Å². The lowest BCUT2D eigenvalue weighted by molar-refractivity contribution is -0.114. The molecule has 3 aromatic carbocycles. The van der Waals surface area contributed by atoms with Crippen LogP contribution in [-0.2, 0) is 14.8 Å². The van der Waals surface area contributed by atoms with Gasteiger partial charge in [-0.2, -0.15) is 0 Å². The van der Waals surface area contributed by atoms with Gasteiger partial charge in [0.1, 0.15) is 11.5 Å². The van der Waals surface area contributed by atoms with Crippen LogP contribution in [0, 0.1) is 6.92 Å². The lowest BCUT2D eigenvalue weighted by Crippen LogP contribution is -2.15. The normalized spacial score (nSPS) is 10.9. The highest BCUT2D eigenvalue weighted by Gasteiger charge is 2.19. The lowest BCUT2D eigenvalue weighted by atomic mass is 10.2. The van der Waals surface area contributed by atoms with Gasteiger partial charge in [0.05, 0.1) is 24.8 Å². The molecular formula is C23H24N2O6S. The summed E-state index contributed by atoms with van der Waals surface area (Å²) in [4.78, 5) is 11.4.